The van der Waals surface area contributed by atoms with E-state index in [0.29, 0.717) is 11.8 Å². The van der Waals surface area contributed by atoms with Gasteiger partial charge >= 0.3 is 0 Å². The molecule has 6 unspecified atom stereocenters. The molecule has 0 spiro atoms. The molecule has 4 heteroatoms. The smallest absolute Gasteiger partial charge is 0.0227 e. The van der Waals surface area contributed by atoms with Crippen LogP contribution in [0.1, 0.15) is 12.8 Å². The predicted octanol–water partition coefficient (Wildman–Crippen LogP) is -1.66. The Kier molecular flexibility index (Phi) is 1.88. The fraction of sp³-hybridized carbons (Fsp3) is 1.00. The second-order valence-electron chi connectivity index (χ2n) is 4.28. The quantitative estimate of drug-likeness (QED) is 0.349. The molecule has 2 aliphatic carbocycles. The molecule has 0 bridgehead atoms. The Bertz CT molecular complexity index is 160. The van der Waals surface area contributed by atoms with Crippen LogP contribution in [0.15, 0.2) is 0 Å². The molecule has 2 rings (SSSR count). The van der Waals surface area contributed by atoms with E-state index in [1.165, 1.54) is 0 Å². The Balaban J connectivity index is 2.02. The third-order valence-corrected chi connectivity index (χ3v) is 3.62. The molecular weight excluding hydrogens is 152 g/mol. The summed E-state index contributed by atoms with van der Waals surface area (Å²) >= 11 is 0. The fourth-order valence-corrected chi connectivity index (χ4v) is 2.64. The van der Waals surface area contributed by atoms with Gasteiger partial charge in [0.05, 0.1) is 0 Å². The molecule has 4 nitrogen and oxygen atoms in total. The Morgan fingerprint density at radius 2 is 1.00 bits per heavy atom. The minimum absolute atomic E-state index is 0.129. The maximum Gasteiger partial charge on any atom is 0.0227 e. The van der Waals surface area contributed by atoms with Crippen molar-refractivity contribution in [3.05, 3.63) is 0 Å². The highest BCUT2D eigenvalue weighted by molar-refractivity contribution is 5.08. The van der Waals surface area contributed by atoms with Crippen molar-refractivity contribution in [3.63, 3.8) is 0 Å². The molecule has 70 valence electrons. The predicted molar refractivity (Wildman–Crippen MR) is 48.1 cm³/mol. The van der Waals surface area contributed by atoms with Crippen molar-refractivity contribution in [2.75, 3.05) is 0 Å². The summed E-state index contributed by atoms with van der Waals surface area (Å²) < 4.78 is 0. The molecule has 2 fully saturated rings. The SMILES string of the molecule is NC1CC2C(N)C(N)C2CC1N. The van der Waals surface area contributed by atoms with Gasteiger partial charge in [-0.2, -0.15) is 0 Å². The fourth-order valence-electron chi connectivity index (χ4n) is 2.64. The molecule has 0 aromatic rings. The first-order valence-corrected chi connectivity index (χ1v) is 4.63. The van der Waals surface area contributed by atoms with Gasteiger partial charge in [-0.05, 0) is 24.7 Å². The molecule has 8 N–H and O–H groups in total. The van der Waals surface area contributed by atoms with E-state index in [2.05, 4.69) is 0 Å². The topological polar surface area (TPSA) is 104 Å². The number of nitrogens with two attached hydrogens (primary N) is 4. The standard InChI is InChI=1S/C8H18N4/c9-5-1-3-4(2-6(5)10)8(12)7(3)11/h3-8H,1-2,9-12H2. The van der Waals surface area contributed by atoms with E-state index in [1.54, 1.807) is 0 Å². The van der Waals surface area contributed by atoms with Crippen LogP contribution in [0.2, 0.25) is 0 Å². The number of hydrogen-bond donors (Lipinski definition) is 4. The summed E-state index contributed by atoms with van der Waals surface area (Å²) in [6, 6.07) is 0.580. The summed E-state index contributed by atoms with van der Waals surface area (Å²) in [7, 11) is 0. The van der Waals surface area contributed by atoms with E-state index < -0.39 is 0 Å². The average molecular weight is 170 g/mol. The highest BCUT2D eigenvalue weighted by Crippen LogP contribution is 2.42. The Hall–Kier alpha value is -0.160. The summed E-state index contributed by atoms with van der Waals surface area (Å²) in [5.41, 5.74) is 23.4. The van der Waals surface area contributed by atoms with Crippen molar-refractivity contribution >= 4 is 0 Å². The second-order valence-corrected chi connectivity index (χ2v) is 4.28. The number of hydrogen-bond acceptors (Lipinski definition) is 4. The minimum Gasteiger partial charge on any atom is -0.326 e. The van der Waals surface area contributed by atoms with Crippen LogP contribution in [0.4, 0.5) is 0 Å². The van der Waals surface area contributed by atoms with Gasteiger partial charge in [-0.15, -0.1) is 0 Å². The maximum absolute atomic E-state index is 5.86. The summed E-state index contributed by atoms with van der Waals surface area (Å²) in [6.07, 6.45) is 1.92. The molecular formula is C8H18N4. The Morgan fingerprint density at radius 3 is 1.33 bits per heavy atom. The lowest BCUT2D eigenvalue weighted by molar-refractivity contribution is 0.0348. The lowest BCUT2D eigenvalue weighted by Crippen LogP contribution is -2.70. The first-order chi connectivity index (χ1) is 5.61. The summed E-state index contributed by atoms with van der Waals surface area (Å²) in [4.78, 5) is 0. The van der Waals surface area contributed by atoms with Crippen LogP contribution < -0.4 is 22.9 Å². The van der Waals surface area contributed by atoms with Crippen molar-refractivity contribution in [3.8, 4) is 0 Å². The van der Waals surface area contributed by atoms with Gasteiger partial charge in [0.15, 0.2) is 0 Å². The molecule has 0 saturated heterocycles. The van der Waals surface area contributed by atoms with Crippen LogP contribution in [-0.2, 0) is 0 Å². The molecule has 6 atom stereocenters. The summed E-state index contributed by atoms with van der Waals surface area (Å²) in [5.74, 6) is 1.07. The van der Waals surface area contributed by atoms with Gasteiger partial charge in [0, 0.05) is 24.2 Å². The van der Waals surface area contributed by atoms with E-state index >= 15 is 0 Å². The van der Waals surface area contributed by atoms with Gasteiger partial charge in [-0.3, -0.25) is 0 Å². The first-order valence-electron chi connectivity index (χ1n) is 4.63. The van der Waals surface area contributed by atoms with E-state index in [4.69, 9.17) is 22.9 Å². The van der Waals surface area contributed by atoms with E-state index in [-0.39, 0.29) is 24.2 Å². The van der Waals surface area contributed by atoms with Crippen LogP contribution in [0.25, 0.3) is 0 Å². The van der Waals surface area contributed by atoms with Crippen molar-refractivity contribution < 1.29 is 0 Å². The molecule has 0 amide bonds. The minimum atomic E-state index is 0.129. The molecule has 0 aromatic carbocycles. The molecule has 2 aliphatic rings. The Labute approximate surface area is 72.6 Å². The first kappa shape index (κ1) is 8.44. The third kappa shape index (κ3) is 0.992. The normalized spacial score (nSPS) is 59.0. The zero-order valence-corrected chi connectivity index (χ0v) is 7.19. The monoisotopic (exact) mass is 170 g/mol. The van der Waals surface area contributed by atoms with Gasteiger partial charge in [-0.1, -0.05) is 0 Å². The van der Waals surface area contributed by atoms with Crippen molar-refractivity contribution in [2.24, 2.45) is 34.8 Å². The highest BCUT2D eigenvalue weighted by Gasteiger charge is 2.50. The van der Waals surface area contributed by atoms with Crippen LogP contribution in [-0.4, -0.2) is 24.2 Å². The van der Waals surface area contributed by atoms with Gasteiger partial charge in [0.1, 0.15) is 0 Å². The third-order valence-electron chi connectivity index (χ3n) is 3.62. The molecule has 0 aliphatic heterocycles. The number of rotatable bonds is 0. The van der Waals surface area contributed by atoms with E-state index in [0.717, 1.165) is 12.8 Å². The van der Waals surface area contributed by atoms with Crippen molar-refractivity contribution in [2.45, 2.75) is 37.0 Å². The van der Waals surface area contributed by atoms with Crippen molar-refractivity contribution in [1.82, 2.24) is 0 Å². The lowest BCUT2D eigenvalue weighted by Gasteiger charge is -2.54. The Morgan fingerprint density at radius 1 is 0.667 bits per heavy atom. The van der Waals surface area contributed by atoms with Gasteiger partial charge in [0.2, 0.25) is 0 Å². The maximum atomic E-state index is 5.86. The van der Waals surface area contributed by atoms with Gasteiger partial charge in [-0.25, -0.2) is 0 Å². The molecule has 0 radical (unpaired) electrons. The second kappa shape index (κ2) is 2.67. The van der Waals surface area contributed by atoms with E-state index in [1.807, 2.05) is 0 Å². The lowest BCUT2D eigenvalue weighted by atomic mass is 9.57. The van der Waals surface area contributed by atoms with Crippen LogP contribution in [0.5, 0.6) is 0 Å². The average Bonchev–Trinajstić information content (AvgIpc) is 2.08. The zero-order valence-electron chi connectivity index (χ0n) is 7.19. The largest absolute Gasteiger partial charge is 0.326 e. The molecule has 12 heavy (non-hydrogen) atoms. The van der Waals surface area contributed by atoms with Crippen LogP contribution in [0, 0.1) is 11.8 Å². The van der Waals surface area contributed by atoms with E-state index in [9.17, 15) is 0 Å². The zero-order chi connectivity index (χ0) is 8.88. The van der Waals surface area contributed by atoms with Crippen LogP contribution >= 0.6 is 0 Å². The van der Waals surface area contributed by atoms with Crippen molar-refractivity contribution in [1.29, 1.82) is 0 Å². The van der Waals surface area contributed by atoms with Crippen LogP contribution in [0.3, 0.4) is 0 Å². The molecule has 0 aromatic heterocycles. The summed E-state index contributed by atoms with van der Waals surface area (Å²) in [5, 5.41) is 0. The molecule has 0 heterocycles. The summed E-state index contributed by atoms with van der Waals surface area (Å²) in [6.45, 7) is 0. The number of fused-ring (bicyclic) bond motifs is 1. The highest BCUT2D eigenvalue weighted by atomic mass is 14.9. The van der Waals surface area contributed by atoms with Gasteiger partial charge < -0.3 is 22.9 Å². The molecule has 2 saturated carbocycles. The van der Waals surface area contributed by atoms with Gasteiger partial charge in [0.25, 0.3) is 0 Å².